The lowest BCUT2D eigenvalue weighted by molar-refractivity contribution is -0.136. The van der Waals surface area contributed by atoms with Gasteiger partial charge in [-0.05, 0) is 31.5 Å². The maximum atomic E-state index is 10.8. The van der Waals surface area contributed by atoms with Crippen LogP contribution in [-0.2, 0) is 11.2 Å². The smallest absolute Gasteiger partial charge is 0.309 e. The molecule has 0 saturated carbocycles. The summed E-state index contributed by atoms with van der Waals surface area (Å²) in [5.41, 5.74) is 3.68. The number of rotatable bonds is 3. The highest BCUT2D eigenvalue weighted by atomic mass is 35.5. The van der Waals surface area contributed by atoms with Gasteiger partial charge in [0, 0.05) is 21.7 Å². The SMILES string of the molecule is Cc1cc(-c2c(C)sc3nc(CC(=O)O)cn23)ccc1Cl. The first-order chi connectivity index (χ1) is 9.95. The molecule has 3 aromatic rings. The Labute approximate surface area is 130 Å². The Kier molecular flexibility index (Phi) is 3.47. The molecule has 1 N–H and O–H groups in total. The fraction of sp³-hybridized carbons (Fsp3) is 0.200. The Morgan fingerprint density at radius 1 is 1.43 bits per heavy atom. The van der Waals surface area contributed by atoms with Crippen molar-refractivity contribution in [1.29, 1.82) is 0 Å². The fourth-order valence-electron chi connectivity index (χ4n) is 2.37. The summed E-state index contributed by atoms with van der Waals surface area (Å²) < 4.78 is 1.96. The highest BCUT2D eigenvalue weighted by molar-refractivity contribution is 7.17. The maximum absolute atomic E-state index is 10.8. The van der Waals surface area contributed by atoms with E-state index >= 15 is 0 Å². The zero-order valence-corrected chi connectivity index (χ0v) is 13.1. The molecule has 0 fully saturated rings. The molecule has 108 valence electrons. The van der Waals surface area contributed by atoms with Crippen molar-refractivity contribution in [2.24, 2.45) is 0 Å². The summed E-state index contributed by atoms with van der Waals surface area (Å²) in [6.45, 7) is 4.00. The van der Waals surface area contributed by atoms with Gasteiger partial charge in [0.15, 0.2) is 4.96 Å². The molecule has 0 saturated heterocycles. The summed E-state index contributed by atoms with van der Waals surface area (Å²) >= 11 is 7.64. The zero-order valence-electron chi connectivity index (χ0n) is 11.6. The first-order valence-electron chi connectivity index (χ1n) is 6.41. The minimum absolute atomic E-state index is 0.0630. The molecule has 0 aliphatic rings. The van der Waals surface area contributed by atoms with Crippen molar-refractivity contribution in [3.8, 4) is 11.3 Å². The molecule has 3 rings (SSSR count). The fourth-order valence-corrected chi connectivity index (χ4v) is 3.48. The third-order valence-electron chi connectivity index (χ3n) is 3.31. The number of fused-ring (bicyclic) bond motifs is 1. The topological polar surface area (TPSA) is 54.6 Å². The van der Waals surface area contributed by atoms with Gasteiger partial charge in [-0.2, -0.15) is 0 Å². The number of aliphatic carboxylic acids is 1. The molecule has 21 heavy (non-hydrogen) atoms. The van der Waals surface area contributed by atoms with Crippen LogP contribution in [0.2, 0.25) is 5.02 Å². The molecular weight excluding hydrogens is 308 g/mol. The van der Waals surface area contributed by atoms with E-state index in [2.05, 4.69) is 4.98 Å². The Hall–Kier alpha value is -1.85. The molecule has 2 aromatic heterocycles. The molecule has 4 nitrogen and oxygen atoms in total. The Morgan fingerprint density at radius 3 is 2.86 bits per heavy atom. The predicted molar refractivity (Wildman–Crippen MR) is 84.3 cm³/mol. The third-order valence-corrected chi connectivity index (χ3v) is 4.70. The molecule has 6 heteroatoms. The average Bonchev–Trinajstić information content (AvgIpc) is 2.88. The van der Waals surface area contributed by atoms with Crippen molar-refractivity contribution in [3.05, 3.63) is 45.6 Å². The second-order valence-corrected chi connectivity index (χ2v) is 6.51. The summed E-state index contributed by atoms with van der Waals surface area (Å²) in [4.78, 5) is 17.1. The molecule has 0 atom stereocenters. The van der Waals surface area contributed by atoms with E-state index in [-0.39, 0.29) is 6.42 Å². The molecule has 0 aliphatic carbocycles. The molecule has 0 unspecified atom stereocenters. The van der Waals surface area contributed by atoms with Crippen molar-refractivity contribution in [1.82, 2.24) is 9.38 Å². The van der Waals surface area contributed by atoms with E-state index in [9.17, 15) is 4.79 Å². The van der Waals surface area contributed by atoms with Crippen LogP contribution in [0.5, 0.6) is 0 Å². The van der Waals surface area contributed by atoms with E-state index in [1.54, 1.807) is 17.5 Å². The van der Waals surface area contributed by atoms with Crippen LogP contribution < -0.4 is 0 Å². The summed E-state index contributed by atoms with van der Waals surface area (Å²) in [6, 6.07) is 5.89. The normalized spacial score (nSPS) is 11.2. The van der Waals surface area contributed by atoms with Gasteiger partial charge in [-0.15, -0.1) is 11.3 Å². The molecule has 2 heterocycles. The summed E-state index contributed by atoms with van der Waals surface area (Å²) in [5, 5.41) is 9.61. The van der Waals surface area contributed by atoms with Gasteiger partial charge >= 0.3 is 5.97 Å². The van der Waals surface area contributed by atoms with Gasteiger partial charge in [0.05, 0.1) is 17.8 Å². The number of thiazole rings is 1. The van der Waals surface area contributed by atoms with E-state index in [0.29, 0.717) is 5.69 Å². The number of aromatic nitrogens is 2. The number of benzene rings is 1. The van der Waals surface area contributed by atoms with Gasteiger partial charge in [0.2, 0.25) is 0 Å². The van der Waals surface area contributed by atoms with Crippen molar-refractivity contribution >= 4 is 33.9 Å². The summed E-state index contributed by atoms with van der Waals surface area (Å²) in [5.74, 6) is -0.874. The highest BCUT2D eigenvalue weighted by Crippen LogP contribution is 2.33. The number of aryl methyl sites for hydroxylation is 2. The molecule has 0 amide bonds. The zero-order chi connectivity index (χ0) is 15.1. The van der Waals surface area contributed by atoms with Crippen LogP contribution in [0.15, 0.2) is 24.4 Å². The number of carboxylic acids is 1. The lowest BCUT2D eigenvalue weighted by Crippen LogP contribution is -1.99. The standard InChI is InChI=1S/C15H13ClN2O2S/c1-8-5-10(3-4-12(8)16)14-9(2)21-15-17-11(6-13(19)20)7-18(14)15/h3-5,7H,6H2,1-2H3,(H,19,20). The van der Waals surface area contributed by atoms with Crippen LogP contribution in [0.1, 0.15) is 16.1 Å². The van der Waals surface area contributed by atoms with Crippen LogP contribution in [0.3, 0.4) is 0 Å². The van der Waals surface area contributed by atoms with Gasteiger partial charge in [0.25, 0.3) is 0 Å². The van der Waals surface area contributed by atoms with Gasteiger partial charge in [-0.3, -0.25) is 9.20 Å². The summed E-state index contributed by atoms with van der Waals surface area (Å²) in [7, 11) is 0. The monoisotopic (exact) mass is 320 g/mol. The van der Waals surface area contributed by atoms with E-state index < -0.39 is 5.97 Å². The second kappa shape index (κ2) is 5.16. The molecule has 1 aromatic carbocycles. The van der Waals surface area contributed by atoms with E-state index in [0.717, 1.165) is 31.7 Å². The second-order valence-electron chi connectivity index (χ2n) is 4.93. The van der Waals surface area contributed by atoms with Crippen LogP contribution in [-0.4, -0.2) is 20.5 Å². The van der Waals surface area contributed by atoms with Gasteiger partial charge in [-0.25, -0.2) is 4.98 Å². The molecule has 0 spiro atoms. The van der Waals surface area contributed by atoms with E-state index in [1.165, 1.54) is 0 Å². The lowest BCUT2D eigenvalue weighted by Gasteiger charge is -2.05. The van der Waals surface area contributed by atoms with Crippen LogP contribution in [0.25, 0.3) is 16.2 Å². The first kappa shape index (κ1) is 14.1. The van der Waals surface area contributed by atoms with Gasteiger partial charge < -0.3 is 5.11 Å². The van der Waals surface area contributed by atoms with Gasteiger partial charge in [0.1, 0.15) is 0 Å². The average molecular weight is 321 g/mol. The van der Waals surface area contributed by atoms with Crippen LogP contribution in [0, 0.1) is 13.8 Å². The molecule has 0 radical (unpaired) electrons. The molecule has 0 aliphatic heterocycles. The van der Waals surface area contributed by atoms with Crippen molar-refractivity contribution < 1.29 is 9.90 Å². The first-order valence-corrected chi connectivity index (χ1v) is 7.61. The largest absolute Gasteiger partial charge is 0.481 e. The number of nitrogens with zero attached hydrogens (tertiary/aromatic N) is 2. The molecular formula is C15H13ClN2O2S. The molecule has 0 bridgehead atoms. The number of halogens is 1. The van der Waals surface area contributed by atoms with Crippen LogP contribution in [0.4, 0.5) is 0 Å². The Bertz CT molecular complexity index is 851. The Balaban J connectivity index is 2.16. The van der Waals surface area contributed by atoms with Crippen molar-refractivity contribution in [2.45, 2.75) is 20.3 Å². The lowest BCUT2D eigenvalue weighted by atomic mass is 10.1. The number of carbonyl (C=O) groups is 1. The third kappa shape index (κ3) is 2.54. The van der Waals surface area contributed by atoms with E-state index in [1.807, 2.05) is 36.4 Å². The van der Waals surface area contributed by atoms with Gasteiger partial charge in [-0.1, -0.05) is 17.7 Å². The Morgan fingerprint density at radius 2 is 2.19 bits per heavy atom. The number of hydrogen-bond donors (Lipinski definition) is 1. The van der Waals surface area contributed by atoms with Crippen LogP contribution >= 0.6 is 22.9 Å². The predicted octanol–water partition coefficient (Wildman–Crippen LogP) is 3.96. The number of imidazole rings is 1. The number of hydrogen-bond acceptors (Lipinski definition) is 3. The quantitative estimate of drug-likeness (QED) is 0.794. The maximum Gasteiger partial charge on any atom is 0.309 e. The minimum Gasteiger partial charge on any atom is -0.481 e. The van der Waals surface area contributed by atoms with Crippen molar-refractivity contribution in [2.75, 3.05) is 0 Å². The van der Waals surface area contributed by atoms with E-state index in [4.69, 9.17) is 16.7 Å². The summed E-state index contributed by atoms with van der Waals surface area (Å²) in [6.07, 6.45) is 1.73. The van der Waals surface area contributed by atoms with Crippen molar-refractivity contribution in [3.63, 3.8) is 0 Å². The number of carboxylic acid groups (broad SMARTS) is 1. The highest BCUT2D eigenvalue weighted by Gasteiger charge is 2.15. The minimum atomic E-state index is -0.874.